The molecular weight excluding hydrogens is 462 g/mol. The van der Waals surface area contributed by atoms with Crippen molar-refractivity contribution in [1.82, 2.24) is 14.3 Å². The van der Waals surface area contributed by atoms with Crippen molar-refractivity contribution in [2.45, 2.75) is 20.3 Å². The van der Waals surface area contributed by atoms with Crippen LogP contribution in [0.4, 0.5) is 0 Å². The number of aryl methyl sites for hydroxylation is 1. The maximum absolute atomic E-state index is 13.5. The van der Waals surface area contributed by atoms with Crippen LogP contribution in [0.1, 0.15) is 32.9 Å². The van der Waals surface area contributed by atoms with Crippen LogP contribution < -0.4 is 10.3 Å². The van der Waals surface area contributed by atoms with E-state index in [4.69, 9.17) is 16.3 Å². The summed E-state index contributed by atoms with van der Waals surface area (Å²) in [6.07, 6.45) is 0.449. The van der Waals surface area contributed by atoms with Crippen LogP contribution in [-0.4, -0.2) is 27.4 Å². The number of benzene rings is 3. The maximum atomic E-state index is 13.5. The zero-order valence-corrected chi connectivity index (χ0v) is 20.4. The summed E-state index contributed by atoms with van der Waals surface area (Å²) in [6, 6.07) is 21.9. The van der Waals surface area contributed by atoms with E-state index in [1.54, 1.807) is 42.0 Å². The third-order valence-electron chi connectivity index (χ3n) is 6.24. The Bertz CT molecular complexity index is 1620. The topological polar surface area (TPSA) is 69.0 Å². The third kappa shape index (κ3) is 4.17. The van der Waals surface area contributed by atoms with Crippen molar-refractivity contribution < 1.29 is 9.53 Å². The molecule has 0 radical (unpaired) electrons. The van der Waals surface area contributed by atoms with Gasteiger partial charge in [-0.1, -0.05) is 23.7 Å². The summed E-state index contributed by atoms with van der Waals surface area (Å²) in [5.41, 5.74) is 5.52. The summed E-state index contributed by atoms with van der Waals surface area (Å²) >= 11 is 6.02. The minimum absolute atomic E-state index is 0.137. The number of hydrogen-bond donors (Lipinski definition) is 1. The molecule has 7 heteroatoms. The van der Waals surface area contributed by atoms with Crippen LogP contribution in [-0.2, 0) is 6.42 Å². The Morgan fingerprint density at radius 2 is 1.77 bits per heavy atom. The molecule has 0 saturated heterocycles. The minimum Gasteiger partial charge on any atom is -0.497 e. The van der Waals surface area contributed by atoms with Crippen molar-refractivity contribution in [2.75, 3.05) is 7.11 Å². The lowest BCUT2D eigenvalue weighted by Gasteiger charge is -2.08. The summed E-state index contributed by atoms with van der Waals surface area (Å²) in [7, 11) is 1.61. The Kier molecular flexibility index (Phi) is 5.83. The number of fused-ring (bicyclic) bond motifs is 1. The fourth-order valence-corrected chi connectivity index (χ4v) is 4.61. The molecule has 6 nitrogen and oxygen atoms in total. The van der Waals surface area contributed by atoms with E-state index in [0.717, 1.165) is 39.1 Å². The van der Waals surface area contributed by atoms with Gasteiger partial charge in [-0.05, 0) is 79.6 Å². The van der Waals surface area contributed by atoms with Crippen molar-refractivity contribution in [3.63, 3.8) is 0 Å². The molecule has 2 aromatic heterocycles. The highest BCUT2D eigenvalue weighted by atomic mass is 35.5. The molecular formula is C28H24ClN3O3. The van der Waals surface area contributed by atoms with E-state index < -0.39 is 0 Å². The Morgan fingerprint density at radius 3 is 2.49 bits per heavy atom. The van der Waals surface area contributed by atoms with Crippen LogP contribution >= 0.6 is 11.6 Å². The van der Waals surface area contributed by atoms with Gasteiger partial charge < -0.3 is 4.74 Å². The molecule has 0 bridgehead atoms. The second-order valence-corrected chi connectivity index (χ2v) is 9.00. The quantitative estimate of drug-likeness (QED) is 0.348. The molecule has 0 aliphatic heterocycles. The third-order valence-corrected chi connectivity index (χ3v) is 6.49. The Morgan fingerprint density at radius 1 is 1.00 bits per heavy atom. The highest BCUT2D eigenvalue weighted by Crippen LogP contribution is 2.31. The fraction of sp³-hybridized carbons (Fsp3) is 0.143. The first-order valence-electron chi connectivity index (χ1n) is 11.2. The Hall–Kier alpha value is -4.03. The number of nitrogens with zero attached hydrogens (tertiary/aromatic N) is 2. The van der Waals surface area contributed by atoms with E-state index in [9.17, 15) is 9.59 Å². The standard InChI is InChI=1S/C28H24ClN3O3/c1-17-5-4-6-22(13-17)32-27(33)15-21(30-32)14-24-18(2)31(26-12-11-23(35-3)16-25(24)26)28(34)19-7-9-20(29)10-8-19/h4-13,15-16,30H,14H2,1-3H3. The van der Waals surface area contributed by atoms with Crippen molar-refractivity contribution in [2.24, 2.45) is 0 Å². The van der Waals surface area contributed by atoms with Gasteiger partial charge in [-0.3, -0.25) is 19.3 Å². The van der Waals surface area contributed by atoms with E-state index in [0.29, 0.717) is 22.8 Å². The van der Waals surface area contributed by atoms with Gasteiger partial charge in [0.1, 0.15) is 5.75 Å². The molecule has 0 unspecified atom stereocenters. The van der Waals surface area contributed by atoms with E-state index in [1.165, 1.54) is 4.68 Å². The van der Waals surface area contributed by atoms with Crippen LogP contribution in [0.25, 0.3) is 16.6 Å². The number of ether oxygens (including phenoxy) is 1. The number of hydrogen-bond acceptors (Lipinski definition) is 3. The van der Waals surface area contributed by atoms with E-state index >= 15 is 0 Å². The van der Waals surface area contributed by atoms with E-state index in [-0.39, 0.29) is 11.5 Å². The molecule has 5 aromatic rings. The van der Waals surface area contributed by atoms with Gasteiger partial charge >= 0.3 is 0 Å². The minimum atomic E-state index is -0.147. The van der Waals surface area contributed by atoms with Gasteiger partial charge in [-0.25, -0.2) is 4.68 Å². The second-order valence-electron chi connectivity index (χ2n) is 8.57. The first-order chi connectivity index (χ1) is 16.9. The molecule has 1 N–H and O–H groups in total. The highest BCUT2D eigenvalue weighted by Gasteiger charge is 2.21. The van der Waals surface area contributed by atoms with Gasteiger partial charge in [0.2, 0.25) is 0 Å². The molecule has 0 fully saturated rings. The van der Waals surface area contributed by atoms with Crippen LogP contribution in [0.5, 0.6) is 5.75 Å². The molecule has 0 amide bonds. The monoisotopic (exact) mass is 485 g/mol. The number of aromatic amines is 1. The Balaban J connectivity index is 1.62. The number of carbonyl (C=O) groups is 1. The number of nitrogens with one attached hydrogen (secondary N) is 1. The predicted molar refractivity (Wildman–Crippen MR) is 138 cm³/mol. The summed E-state index contributed by atoms with van der Waals surface area (Å²) in [5, 5.41) is 4.70. The molecule has 176 valence electrons. The van der Waals surface area contributed by atoms with Gasteiger partial charge in [0.05, 0.1) is 18.3 Å². The fourth-order valence-electron chi connectivity index (χ4n) is 4.48. The van der Waals surface area contributed by atoms with Crippen LogP contribution in [0, 0.1) is 13.8 Å². The average Bonchev–Trinajstić information content (AvgIpc) is 3.35. The molecule has 5 rings (SSSR count). The zero-order valence-electron chi connectivity index (χ0n) is 19.6. The normalized spacial score (nSPS) is 11.2. The molecule has 0 spiro atoms. The first kappa shape index (κ1) is 22.7. The largest absolute Gasteiger partial charge is 0.497 e. The van der Waals surface area contributed by atoms with E-state index in [2.05, 4.69) is 5.10 Å². The SMILES string of the molecule is COc1ccc2c(c1)c(Cc1cc(=O)n(-c3cccc(C)c3)[nH]1)c(C)n2C(=O)c1ccc(Cl)cc1. The van der Waals surface area contributed by atoms with Gasteiger partial charge in [-0.2, -0.15) is 0 Å². The molecule has 0 saturated carbocycles. The second kappa shape index (κ2) is 8.96. The molecule has 0 aliphatic carbocycles. The van der Waals surface area contributed by atoms with E-state index in [1.807, 2.05) is 56.3 Å². The van der Waals surface area contributed by atoms with Gasteiger partial charge in [0.15, 0.2) is 0 Å². The van der Waals surface area contributed by atoms with Crippen molar-refractivity contribution in [3.8, 4) is 11.4 Å². The number of rotatable bonds is 5. The number of methoxy groups -OCH3 is 1. The predicted octanol–water partition coefficient (Wildman–Crippen LogP) is 5.68. The molecule has 35 heavy (non-hydrogen) atoms. The molecule has 3 aromatic carbocycles. The molecule has 2 heterocycles. The zero-order chi connectivity index (χ0) is 24.7. The summed E-state index contributed by atoms with van der Waals surface area (Å²) in [6.45, 7) is 3.91. The van der Waals surface area contributed by atoms with Crippen molar-refractivity contribution >= 4 is 28.4 Å². The number of H-pyrrole nitrogens is 1. The molecule has 0 aliphatic rings. The molecule has 0 atom stereocenters. The summed E-state index contributed by atoms with van der Waals surface area (Å²) in [5.74, 6) is 0.548. The lowest BCUT2D eigenvalue weighted by molar-refractivity contribution is 0.0963. The van der Waals surface area contributed by atoms with Gasteiger partial charge in [-0.15, -0.1) is 0 Å². The average molecular weight is 486 g/mol. The highest BCUT2D eigenvalue weighted by molar-refractivity contribution is 6.30. The first-order valence-corrected chi connectivity index (χ1v) is 11.6. The van der Waals surface area contributed by atoms with Gasteiger partial charge in [0, 0.05) is 39.8 Å². The van der Waals surface area contributed by atoms with Crippen LogP contribution in [0.15, 0.2) is 77.6 Å². The van der Waals surface area contributed by atoms with Crippen molar-refractivity contribution in [1.29, 1.82) is 0 Å². The summed E-state index contributed by atoms with van der Waals surface area (Å²) in [4.78, 5) is 26.3. The number of halogens is 1. The number of carbonyl (C=O) groups excluding carboxylic acids is 1. The lowest BCUT2D eigenvalue weighted by atomic mass is 10.1. The summed E-state index contributed by atoms with van der Waals surface area (Å²) < 4.78 is 8.71. The lowest BCUT2D eigenvalue weighted by Crippen LogP contribution is -2.13. The van der Waals surface area contributed by atoms with Gasteiger partial charge in [0.25, 0.3) is 11.5 Å². The Labute approximate surface area is 207 Å². The van der Waals surface area contributed by atoms with Crippen LogP contribution in [0.3, 0.4) is 0 Å². The van der Waals surface area contributed by atoms with Crippen molar-refractivity contribution in [3.05, 3.63) is 116 Å². The smallest absolute Gasteiger partial charge is 0.271 e. The van der Waals surface area contributed by atoms with Crippen LogP contribution in [0.2, 0.25) is 5.02 Å². The number of aromatic nitrogens is 3. The maximum Gasteiger partial charge on any atom is 0.271 e.